The van der Waals surface area contributed by atoms with Gasteiger partial charge in [0, 0.05) is 12.1 Å². The molecule has 0 spiro atoms. The average molecular weight is 404 g/mol. The van der Waals surface area contributed by atoms with E-state index in [9.17, 15) is 17.6 Å². The highest BCUT2D eigenvalue weighted by atomic mass is 32.2. The van der Waals surface area contributed by atoms with Crippen LogP contribution < -0.4 is 5.32 Å². The van der Waals surface area contributed by atoms with Crippen molar-refractivity contribution in [3.05, 3.63) is 88.6 Å². The van der Waals surface area contributed by atoms with E-state index in [0.717, 1.165) is 16.9 Å². The number of amides is 1. The van der Waals surface area contributed by atoms with Crippen molar-refractivity contribution in [2.45, 2.75) is 16.4 Å². The Morgan fingerprint density at radius 2 is 1.74 bits per heavy atom. The molecule has 0 saturated heterocycles. The van der Waals surface area contributed by atoms with Crippen molar-refractivity contribution in [3.8, 4) is 0 Å². The molecule has 7 heteroatoms. The van der Waals surface area contributed by atoms with Gasteiger partial charge in [-0.15, -0.1) is 11.3 Å². The highest BCUT2D eigenvalue weighted by Crippen LogP contribution is 2.31. The topological polar surface area (TPSA) is 63.2 Å². The Morgan fingerprint density at radius 3 is 2.33 bits per heavy atom. The number of thiophene rings is 1. The molecule has 1 amide bonds. The maximum absolute atomic E-state index is 13.3. The Bertz CT molecular complexity index is 1010. The molecule has 0 aliphatic carbocycles. The molecule has 0 unspecified atom stereocenters. The molecule has 0 bridgehead atoms. The lowest BCUT2D eigenvalue weighted by Gasteiger charge is -2.18. The van der Waals surface area contributed by atoms with Gasteiger partial charge in [0.15, 0.2) is 9.84 Å². The van der Waals surface area contributed by atoms with E-state index in [4.69, 9.17) is 0 Å². The van der Waals surface area contributed by atoms with E-state index in [1.165, 1.54) is 30.3 Å². The van der Waals surface area contributed by atoms with Crippen LogP contribution in [0.15, 0.2) is 70.3 Å². The number of hydrogen-bond donors (Lipinski definition) is 1. The fourth-order valence-electron chi connectivity index (χ4n) is 2.64. The van der Waals surface area contributed by atoms with Gasteiger partial charge < -0.3 is 5.32 Å². The molecule has 3 rings (SSSR count). The van der Waals surface area contributed by atoms with E-state index in [1.54, 1.807) is 23.6 Å². The zero-order valence-corrected chi connectivity index (χ0v) is 16.2. The van der Waals surface area contributed by atoms with Gasteiger partial charge in [0.2, 0.25) is 0 Å². The van der Waals surface area contributed by atoms with Gasteiger partial charge in [-0.3, -0.25) is 4.79 Å². The van der Waals surface area contributed by atoms with Crippen molar-refractivity contribution in [3.63, 3.8) is 0 Å². The second kappa shape index (κ2) is 8.02. The van der Waals surface area contributed by atoms with Gasteiger partial charge in [0.1, 0.15) is 15.3 Å². The molecular formula is C20H18FNO3S2. The first kappa shape index (κ1) is 19.3. The molecule has 1 atom stereocenters. The summed E-state index contributed by atoms with van der Waals surface area (Å²) in [5.74, 6) is -0.807. The maximum Gasteiger partial charge on any atom is 0.251 e. The number of carbonyl (C=O) groups excluding carboxylic acids is 1. The van der Waals surface area contributed by atoms with E-state index < -0.39 is 20.9 Å². The lowest BCUT2D eigenvalue weighted by molar-refractivity contribution is 0.0953. The Balaban J connectivity index is 1.87. The van der Waals surface area contributed by atoms with Crippen LogP contribution in [0.1, 0.15) is 26.7 Å². The summed E-state index contributed by atoms with van der Waals surface area (Å²) in [5, 5.41) is 3.36. The molecule has 1 heterocycles. The summed E-state index contributed by atoms with van der Waals surface area (Å²) >= 11 is 1.11. The summed E-state index contributed by atoms with van der Waals surface area (Å²) in [7, 11) is -3.73. The minimum Gasteiger partial charge on any atom is -0.350 e. The molecule has 1 N–H and O–H groups in total. The van der Waals surface area contributed by atoms with Crippen LogP contribution in [-0.4, -0.2) is 20.9 Å². The van der Waals surface area contributed by atoms with Crippen LogP contribution in [0, 0.1) is 12.7 Å². The first-order valence-corrected chi connectivity index (χ1v) is 10.7. The third kappa shape index (κ3) is 4.43. The first-order valence-electron chi connectivity index (χ1n) is 8.25. The second-order valence-electron chi connectivity index (χ2n) is 6.09. The predicted octanol–water partition coefficient (Wildman–Crippen LogP) is 4.14. The third-order valence-corrected chi connectivity index (χ3v) is 7.69. The molecule has 2 aromatic carbocycles. The Labute approximate surface area is 161 Å². The van der Waals surface area contributed by atoms with Gasteiger partial charge in [-0.05, 0) is 48.2 Å². The van der Waals surface area contributed by atoms with Crippen molar-refractivity contribution in [2.24, 2.45) is 0 Å². The van der Waals surface area contributed by atoms with Crippen molar-refractivity contribution < 1.29 is 17.6 Å². The van der Waals surface area contributed by atoms with Crippen LogP contribution >= 0.6 is 11.3 Å². The van der Waals surface area contributed by atoms with Crippen LogP contribution in [0.4, 0.5) is 4.39 Å². The fraction of sp³-hybridized carbons (Fsp3) is 0.150. The van der Waals surface area contributed by atoms with Crippen molar-refractivity contribution in [2.75, 3.05) is 6.54 Å². The van der Waals surface area contributed by atoms with E-state index in [1.807, 2.05) is 19.1 Å². The number of benzene rings is 2. The molecule has 4 nitrogen and oxygen atoms in total. The summed E-state index contributed by atoms with van der Waals surface area (Å²) in [6.45, 7) is 1.80. The molecule has 3 aromatic rings. The number of carbonyl (C=O) groups is 1. The van der Waals surface area contributed by atoms with Crippen molar-refractivity contribution in [1.82, 2.24) is 5.32 Å². The minimum atomic E-state index is -3.73. The molecule has 140 valence electrons. The molecule has 27 heavy (non-hydrogen) atoms. The number of halogens is 1. The van der Waals surface area contributed by atoms with Crippen LogP contribution in [0.25, 0.3) is 0 Å². The average Bonchev–Trinajstić information content (AvgIpc) is 3.19. The number of aryl methyl sites for hydroxylation is 1. The highest BCUT2D eigenvalue weighted by Gasteiger charge is 2.30. The third-order valence-electron chi connectivity index (χ3n) is 4.15. The molecular weight excluding hydrogens is 385 g/mol. The predicted molar refractivity (Wildman–Crippen MR) is 104 cm³/mol. The summed E-state index contributed by atoms with van der Waals surface area (Å²) < 4.78 is 39.6. The monoisotopic (exact) mass is 403 g/mol. The molecule has 0 aliphatic heterocycles. The standard InChI is InChI=1S/C20H18FNO3S2/c1-14-4-6-16(7-5-14)20(23)22-13-18(15-8-10-17(21)11-9-15)27(24,25)19-3-2-12-26-19/h2-12,18H,13H2,1H3,(H,22,23)/t18-/m1/s1. The summed E-state index contributed by atoms with van der Waals surface area (Å²) in [6.07, 6.45) is 0. The van der Waals surface area contributed by atoms with Gasteiger partial charge in [0.05, 0.1) is 0 Å². The second-order valence-corrected chi connectivity index (χ2v) is 9.40. The van der Waals surface area contributed by atoms with Gasteiger partial charge in [0.25, 0.3) is 5.91 Å². The van der Waals surface area contributed by atoms with Gasteiger partial charge in [-0.1, -0.05) is 35.9 Å². The van der Waals surface area contributed by atoms with E-state index in [-0.39, 0.29) is 16.7 Å². The van der Waals surface area contributed by atoms with E-state index in [0.29, 0.717) is 11.1 Å². The summed E-state index contributed by atoms with van der Waals surface area (Å²) in [6, 6.07) is 15.5. The zero-order valence-electron chi connectivity index (χ0n) is 14.6. The van der Waals surface area contributed by atoms with Crippen LogP contribution in [0.2, 0.25) is 0 Å². The quantitative estimate of drug-likeness (QED) is 0.673. The lowest BCUT2D eigenvalue weighted by Crippen LogP contribution is -2.31. The number of nitrogens with one attached hydrogen (secondary N) is 1. The highest BCUT2D eigenvalue weighted by molar-refractivity contribution is 7.93. The van der Waals surface area contributed by atoms with Gasteiger partial charge in [-0.25, -0.2) is 12.8 Å². The normalized spacial score (nSPS) is 12.5. The number of hydrogen-bond acceptors (Lipinski definition) is 4. The maximum atomic E-state index is 13.3. The van der Waals surface area contributed by atoms with E-state index >= 15 is 0 Å². The Kier molecular flexibility index (Phi) is 5.72. The van der Waals surface area contributed by atoms with Gasteiger partial charge >= 0.3 is 0 Å². The Hall–Kier alpha value is -2.51. The largest absolute Gasteiger partial charge is 0.350 e. The molecule has 1 aromatic heterocycles. The fourth-order valence-corrected chi connectivity index (χ4v) is 5.51. The van der Waals surface area contributed by atoms with Crippen LogP contribution in [0.3, 0.4) is 0 Å². The number of sulfone groups is 1. The van der Waals surface area contributed by atoms with Crippen LogP contribution in [-0.2, 0) is 9.84 Å². The number of rotatable bonds is 6. The first-order chi connectivity index (χ1) is 12.9. The zero-order chi connectivity index (χ0) is 19.4. The lowest BCUT2D eigenvalue weighted by atomic mass is 10.1. The van der Waals surface area contributed by atoms with E-state index in [2.05, 4.69) is 5.32 Å². The minimum absolute atomic E-state index is 0.113. The SMILES string of the molecule is Cc1ccc(C(=O)NC[C@H](c2ccc(F)cc2)S(=O)(=O)c2cccs2)cc1. The van der Waals surface area contributed by atoms with Crippen molar-refractivity contribution >= 4 is 27.1 Å². The smallest absolute Gasteiger partial charge is 0.251 e. The van der Waals surface area contributed by atoms with Gasteiger partial charge in [-0.2, -0.15) is 0 Å². The molecule has 0 radical (unpaired) electrons. The summed E-state index contributed by atoms with van der Waals surface area (Å²) in [4.78, 5) is 12.4. The summed E-state index contributed by atoms with van der Waals surface area (Å²) in [5.41, 5.74) is 1.90. The Morgan fingerprint density at radius 1 is 1.07 bits per heavy atom. The molecule has 0 saturated carbocycles. The molecule has 0 aliphatic rings. The molecule has 0 fully saturated rings. The van der Waals surface area contributed by atoms with Crippen LogP contribution in [0.5, 0.6) is 0 Å². The van der Waals surface area contributed by atoms with Crippen molar-refractivity contribution in [1.29, 1.82) is 0 Å².